The minimum absolute atomic E-state index is 0. The van der Waals surface area contributed by atoms with Gasteiger partial charge in [0.25, 0.3) is 6.36 Å². The molecule has 5 heteroatoms. The molecular formula is C3H5ErFO2P+. The Hall–Kier alpha value is 0.977. The zero-order valence-electron chi connectivity index (χ0n) is 3.84. The van der Waals surface area contributed by atoms with Gasteiger partial charge in [-0.3, -0.25) is 0 Å². The smallest absolute Gasteiger partial charge is 0.206 e. The normalized spacial score (nSPS) is 12.1. The van der Waals surface area contributed by atoms with Crippen molar-refractivity contribution in [1.29, 1.82) is 0 Å². The average Bonchev–Trinajstić information content (AvgIpc) is 1.68. The third-order valence-corrected chi connectivity index (χ3v) is 0.667. The van der Waals surface area contributed by atoms with E-state index in [4.69, 9.17) is 0 Å². The summed E-state index contributed by atoms with van der Waals surface area (Å²) in [5, 5.41) is 0. The van der Waals surface area contributed by atoms with Gasteiger partial charge in [-0.2, -0.15) is 0 Å². The molecule has 0 amide bonds. The zero-order chi connectivity index (χ0) is 5.70. The molecule has 0 aliphatic carbocycles. The summed E-state index contributed by atoms with van der Waals surface area (Å²) >= 11 is 0. The Labute approximate surface area is 78.0 Å². The van der Waals surface area contributed by atoms with Crippen molar-refractivity contribution in [2.24, 2.45) is 0 Å². The predicted octanol–water partition coefficient (Wildman–Crippen LogP) is 1.42. The van der Waals surface area contributed by atoms with Gasteiger partial charge in [0, 0.05) is 37.3 Å². The van der Waals surface area contributed by atoms with Gasteiger partial charge in [0.15, 0.2) is 0 Å². The Balaban J connectivity index is 0. The van der Waals surface area contributed by atoms with Gasteiger partial charge >= 0.3 is 8.69 Å². The molecule has 2 nitrogen and oxygen atoms in total. The Morgan fingerprint density at radius 3 is 2.50 bits per heavy atom. The van der Waals surface area contributed by atoms with Crippen LogP contribution in [-0.4, -0.2) is 6.36 Å². The van der Waals surface area contributed by atoms with Gasteiger partial charge in [0.05, 0.1) is 0 Å². The third-order valence-electron chi connectivity index (χ3n) is 0.346. The van der Waals surface area contributed by atoms with Crippen LogP contribution in [0.15, 0.2) is 12.7 Å². The van der Waals surface area contributed by atoms with Gasteiger partial charge in [-0.05, 0) is 10.6 Å². The van der Waals surface area contributed by atoms with Crippen LogP contribution < -0.4 is 0 Å². The zero-order valence-corrected chi connectivity index (χ0v) is 6.70. The molecule has 2 unspecified atom stereocenters. The molecule has 0 radical (unpaired) electrons. The Morgan fingerprint density at radius 2 is 2.38 bits per heavy atom. The Kier molecular flexibility index (Phi) is 11.7. The van der Waals surface area contributed by atoms with E-state index in [1.165, 1.54) is 0 Å². The summed E-state index contributed by atoms with van der Waals surface area (Å²) in [6, 6.07) is 0. The molecule has 0 saturated carbocycles. The summed E-state index contributed by atoms with van der Waals surface area (Å²) in [7, 11) is -1.05. The second-order valence-corrected chi connectivity index (χ2v) is 1.19. The van der Waals surface area contributed by atoms with Crippen LogP contribution in [-0.2, 0) is 9.09 Å². The molecule has 0 aliphatic heterocycles. The summed E-state index contributed by atoms with van der Waals surface area (Å²) in [5.74, 6) is 0. The summed E-state index contributed by atoms with van der Waals surface area (Å²) in [4.78, 5) is 0. The molecule has 0 aromatic heterocycles. The molecule has 0 rings (SSSR count). The van der Waals surface area contributed by atoms with Crippen molar-refractivity contribution in [3.05, 3.63) is 12.7 Å². The molecule has 0 bridgehead atoms. The second-order valence-electron chi connectivity index (χ2n) is 0.788. The van der Waals surface area contributed by atoms with E-state index >= 15 is 0 Å². The first kappa shape index (κ1) is 11.7. The van der Waals surface area contributed by atoms with Gasteiger partial charge in [0.1, 0.15) is 0 Å². The molecule has 0 heterocycles. The quantitative estimate of drug-likeness (QED) is 0.580. The van der Waals surface area contributed by atoms with Crippen LogP contribution >= 0.6 is 8.69 Å². The maximum Gasteiger partial charge on any atom is 0.497 e. The van der Waals surface area contributed by atoms with E-state index in [1.54, 1.807) is 0 Å². The molecule has 0 aliphatic rings. The fourth-order valence-corrected chi connectivity index (χ4v) is 0.282. The molecule has 2 atom stereocenters. The van der Waals surface area contributed by atoms with E-state index in [1.807, 2.05) is 0 Å². The molecule has 0 spiro atoms. The Morgan fingerprint density at radius 1 is 1.88 bits per heavy atom. The molecular weight excluding hydrogens is 285 g/mol. The van der Waals surface area contributed by atoms with E-state index < -0.39 is 15.0 Å². The van der Waals surface area contributed by atoms with Crippen LogP contribution in [0.1, 0.15) is 0 Å². The van der Waals surface area contributed by atoms with Crippen molar-refractivity contribution in [3.63, 3.8) is 0 Å². The predicted molar refractivity (Wildman–Crippen MR) is 25.2 cm³/mol. The van der Waals surface area contributed by atoms with Crippen LogP contribution in [0.4, 0.5) is 4.39 Å². The minimum Gasteiger partial charge on any atom is -0.206 e. The Bertz CT molecular complexity index is 79.7. The summed E-state index contributed by atoms with van der Waals surface area (Å²) < 4.78 is 24.9. The van der Waals surface area contributed by atoms with E-state index in [2.05, 4.69) is 11.1 Å². The fourth-order valence-electron chi connectivity index (χ4n) is 0.0941. The molecule has 0 aromatic carbocycles. The van der Waals surface area contributed by atoms with E-state index in [-0.39, 0.29) is 37.3 Å². The van der Waals surface area contributed by atoms with Gasteiger partial charge < -0.3 is 0 Å². The second kappa shape index (κ2) is 7.98. The molecule has 0 saturated heterocycles. The van der Waals surface area contributed by atoms with Gasteiger partial charge in [-0.25, -0.2) is 4.39 Å². The van der Waals surface area contributed by atoms with Gasteiger partial charge in [-0.15, -0.1) is 4.52 Å². The molecule has 0 fully saturated rings. The number of hydrogen-bond donors (Lipinski definition) is 0. The summed E-state index contributed by atoms with van der Waals surface area (Å²) in [5.41, 5.74) is 0. The van der Waals surface area contributed by atoms with Gasteiger partial charge in [0.2, 0.25) is 0 Å². The van der Waals surface area contributed by atoms with Crippen molar-refractivity contribution in [3.8, 4) is 0 Å². The number of hydrogen-bond acceptors (Lipinski definition) is 2. The molecule has 0 aromatic rings. The summed E-state index contributed by atoms with van der Waals surface area (Å²) in [6.07, 6.45) is -0.666. The van der Waals surface area contributed by atoms with E-state index in [9.17, 15) is 8.96 Å². The van der Waals surface area contributed by atoms with Crippen LogP contribution in [0, 0.1) is 37.3 Å². The van der Waals surface area contributed by atoms with Crippen molar-refractivity contribution in [1.82, 2.24) is 0 Å². The molecule has 0 N–H and O–H groups in total. The minimum atomic E-state index is -1.59. The molecule has 52 valence electrons. The van der Waals surface area contributed by atoms with Crippen LogP contribution in [0.25, 0.3) is 0 Å². The van der Waals surface area contributed by atoms with Crippen molar-refractivity contribution in [2.75, 3.05) is 0 Å². The monoisotopic (exact) mass is 289 g/mol. The number of alkyl halides is 1. The first-order valence-corrected chi connectivity index (χ1v) is 2.42. The number of rotatable bonds is 3. The van der Waals surface area contributed by atoms with E-state index in [0.29, 0.717) is 0 Å². The standard InChI is InChI=1S/C3H5FO2P.Er/c1-2-3(4)6-7-5;/h2-3,7H,1H2;/q+1;. The fraction of sp³-hybridized carbons (Fsp3) is 0.333. The van der Waals surface area contributed by atoms with Crippen molar-refractivity contribution in [2.45, 2.75) is 6.36 Å². The van der Waals surface area contributed by atoms with Crippen molar-refractivity contribution >= 4 is 8.69 Å². The summed E-state index contributed by atoms with van der Waals surface area (Å²) in [6.45, 7) is 3.04. The number of halogens is 1. The average molecular weight is 290 g/mol. The van der Waals surface area contributed by atoms with Crippen LogP contribution in [0.5, 0.6) is 0 Å². The molecule has 8 heavy (non-hydrogen) atoms. The maximum atomic E-state index is 11.6. The van der Waals surface area contributed by atoms with Crippen LogP contribution in [0.2, 0.25) is 0 Å². The topological polar surface area (TPSA) is 26.3 Å². The van der Waals surface area contributed by atoms with E-state index in [0.717, 1.165) is 6.08 Å². The largest absolute Gasteiger partial charge is 0.497 e. The first-order chi connectivity index (χ1) is 3.31. The first-order valence-electron chi connectivity index (χ1n) is 1.60. The van der Waals surface area contributed by atoms with Crippen molar-refractivity contribution < 1.29 is 50.8 Å². The van der Waals surface area contributed by atoms with Crippen LogP contribution in [0.3, 0.4) is 0 Å². The SMILES string of the molecule is C=CC(F)O[PH+]=O.[Er]. The van der Waals surface area contributed by atoms with Gasteiger partial charge in [-0.1, -0.05) is 6.58 Å². The maximum absolute atomic E-state index is 11.6. The third kappa shape index (κ3) is 6.98.